The van der Waals surface area contributed by atoms with Gasteiger partial charge in [-0.25, -0.2) is 0 Å². The van der Waals surface area contributed by atoms with E-state index in [0.717, 1.165) is 5.02 Å². The van der Waals surface area contributed by atoms with E-state index >= 15 is 0 Å². The van der Waals surface area contributed by atoms with E-state index in [4.69, 9.17) is 11.6 Å². The van der Waals surface area contributed by atoms with Gasteiger partial charge in [-0.1, -0.05) is 0 Å². The van der Waals surface area contributed by atoms with E-state index < -0.39 is 0 Å². The number of hydrogen-bond donors (Lipinski definition) is 0. The summed E-state index contributed by atoms with van der Waals surface area (Å²) in [6, 6.07) is 12.5. The first-order valence-corrected chi connectivity index (χ1v) is 7.20. The van der Waals surface area contributed by atoms with Crippen molar-refractivity contribution >= 4 is 22.9 Å². The molecule has 0 aliphatic carbocycles. The third-order valence-electron chi connectivity index (χ3n) is 1.49. The fourth-order valence-electron chi connectivity index (χ4n) is 0.912. The van der Waals surface area contributed by atoms with E-state index in [2.05, 4.69) is 29.6 Å². The minimum absolute atomic E-state index is 0.0134. The van der Waals surface area contributed by atoms with Crippen molar-refractivity contribution in [2.45, 2.75) is 0 Å². The number of rotatable bonds is 2. The molecule has 0 aliphatic rings. The second kappa shape index (κ2) is 4.44. The summed E-state index contributed by atoms with van der Waals surface area (Å²) in [5.74, 6) is 0. The van der Waals surface area contributed by atoms with E-state index in [0.29, 0.717) is 0 Å². The standard InChI is InChI=1S/C10H7ClIS/c11-8-3-5-9(6-4-8)12-10-2-1-7-13-10/h1-7H/q-1. The van der Waals surface area contributed by atoms with Crippen LogP contribution in [0.1, 0.15) is 0 Å². The van der Waals surface area contributed by atoms with Crippen molar-refractivity contribution in [3.05, 3.63) is 53.3 Å². The van der Waals surface area contributed by atoms with Gasteiger partial charge in [0.2, 0.25) is 0 Å². The van der Waals surface area contributed by atoms with Gasteiger partial charge in [0.25, 0.3) is 0 Å². The van der Waals surface area contributed by atoms with Crippen molar-refractivity contribution in [2.75, 3.05) is 0 Å². The summed E-state index contributed by atoms with van der Waals surface area (Å²) in [5, 5.41) is 2.95. The molecule has 1 heterocycles. The van der Waals surface area contributed by atoms with Gasteiger partial charge >= 0.3 is 97.4 Å². The Kier molecular flexibility index (Phi) is 3.24. The molecule has 0 spiro atoms. The summed E-state index contributed by atoms with van der Waals surface area (Å²) >= 11 is 7.66. The van der Waals surface area contributed by atoms with Crippen molar-refractivity contribution < 1.29 is 21.2 Å². The monoisotopic (exact) mass is 321 g/mol. The molecule has 0 saturated carbocycles. The molecule has 0 saturated heterocycles. The molecule has 2 rings (SSSR count). The van der Waals surface area contributed by atoms with Crippen molar-refractivity contribution in [3.63, 3.8) is 0 Å². The first kappa shape index (κ1) is 9.49. The Hall–Kier alpha value is -0.0600. The zero-order chi connectivity index (χ0) is 9.10. The summed E-state index contributed by atoms with van der Waals surface area (Å²) in [4.78, 5) is 0. The van der Waals surface area contributed by atoms with Crippen molar-refractivity contribution in [1.29, 1.82) is 0 Å². The number of halogens is 2. The Bertz CT molecular complexity index is 366. The van der Waals surface area contributed by atoms with Gasteiger partial charge < -0.3 is 0 Å². The summed E-state index contributed by atoms with van der Waals surface area (Å²) in [7, 11) is 0. The zero-order valence-electron chi connectivity index (χ0n) is 6.71. The van der Waals surface area contributed by atoms with E-state index in [-0.39, 0.29) is 21.2 Å². The number of thiophene rings is 1. The molecule has 13 heavy (non-hydrogen) atoms. The van der Waals surface area contributed by atoms with E-state index in [1.165, 1.54) is 6.45 Å². The van der Waals surface area contributed by atoms with Crippen LogP contribution in [0.2, 0.25) is 5.02 Å². The molecule has 0 unspecified atom stereocenters. The fraction of sp³-hybridized carbons (Fsp3) is 0. The van der Waals surface area contributed by atoms with Gasteiger partial charge in [0.15, 0.2) is 0 Å². The van der Waals surface area contributed by atoms with Crippen LogP contribution in [0.15, 0.2) is 41.8 Å². The molecule has 0 radical (unpaired) electrons. The van der Waals surface area contributed by atoms with Crippen LogP contribution in [-0.4, -0.2) is 0 Å². The molecule has 0 fully saturated rings. The molecule has 1 aromatic carbocycles. The molecule has 0 bridgehead atoms. The SMILES string of the molecule is Clc1ccc([I-]c2cccs2)cc1. The molecule has 68 valence electrons. The van der Waals surface area contributed by atoms with Crippen LogP contribution >= 0.6 is 22.9 Å². The molecule has 0 nitrogen and oxygen atoms in total. The quantitative estimate of drug-likeness (QED) is 0.708. The van der Waals surface area contributed by atoms with Gasteiger partial charge in [0.1, 0.15) is 0 Å². The first-order chi connectivity index (χ1) is 6.34. The summed E-state index contributed by atoms with van der Waals surface area (Å²) in [6.45, 7) is 0. The molecular weight excluding hydrogens is 315 g/mol. The molecule has 0 atom stereocenters. The third kappa shape index (κ3) is 2.69. The summed E-state index contributed by atoms with van der Waals surface area (Å²) in [6.07, 6.45) is 0. The topological polar surface area (TPSA) is 0 Å². The van der Waals surface area contributed by atoms with Gasteiger partial charge in [-0.15, -0.1) is 0 Å². The van der Waals surface area contributed by atoms with Crippen molar-refractivity contribution in [2.24, 2.45) is 0 Å². The predicted octanol–water partition coefficient (Wildman–Crippen LogP) is 0.530. The normalized spacial score (nSPS) is 10.5. The Labute approximate surface area is 96.8 Å². The Morgan fingerprint density at radius 2 is 1.85 bits per heavy atom. The van der Waals surface area contributed by atoms with E-state index in [9.17, 15) is 0 Å². The first-order valence-electron chi connectivity index (χ1n) is 3.78. The van der Waals surface area contributed by atoms with Crippen LogP contribution < -0.4 is 21.2 Å². The Morgan fingerprint density at radius 3 is 2.46 bits per heavy atom. The molecular formula is C10H7ClIS-. The number of benzene rings is 1. The van der Waals surface area contributed by atoms with Gasteiger partial charge in [-0.3, -0.25) is 0 Å². The van der Waals surface area contributed by atoms with Crippen LogP contribution in [0.5, 0.6) is 0 Å². The number of hydrogen-bond acceptors (Lipinski definition) is 1. The zero-order valence-corrected chi connectivity index (χ0v) is 10.4. The van der Waals surface area contributed by atoms with Crippen LogP contribution in [0, 0.1) is 6.45 Å². The second-order valence-electron chi connectivity index (χ2n) is 2.45. The average molecular weight is 322 g/mol. The second-order valence-corrected chi connectivity index (χ2v) is 7.51. The maximum absolute atomic E-state index is 5.81. The third-order valence-corrected chi connectivity index (χ3v) is 5.91. The van der Waals surface area contributed by atoms with Crippen LogP contribution in [-0.2, 0) is 0 Å². The van der Waals surface area contributed by atoms with Crippen LogP contribution in [0.4, 0.5) is 0 Å². The van der Waals surface area contributed by atoms with Crippen LogP contribution in [0.3, 0.4) is 0 Å². The van der Waals surface area contributed by atoms with E-state index in [1.807, 2.05) is 23.5 Å². The molecule has 1 aromatic heterocycles. The molecule has 3 heteroatoms. The van der Waals surface area contributed by atoms with Gasteiger partial charge in [-0.05, 0) is 0 Å². The van der Waals surface area contributed by atoms with Crippen LogP contribution in [0.25, 0.3) is 0 Å². The predicted molar refractivity (Wildman–Crippen MR) is 53.2 cm³/mol. The van der Waals surface area contributed by atoms with Gasteiger partial charge in [-0.2, -0.15) is 0 Å². The van der Waals surface area contributed by atoms with E-state index in [1.54, 1.807) is 0 Å². The van der Waals surface area contributed by atoms with Gasteiger partial charge in [0.05, 0.1) is 0 Å². The van der Waals surface area contributed by atoms with Crippen molar-refractivity contribution in [1.82, 2.24) is 0 Å². The Balaban J connectivity index is 2.15. The molecule has 0 N–H and O–H groups in total. The molecule has 0 amide bonds. The summed E-state index contributed by atoms with van der Waals surface area (Å²) < 4.78 is 2.92. The minimum atomic E-state index is 0.0134. The fourth-order valence-corrected chi connectivity index (χ4v) is 4.67. The molecule has 0 aliphatic heterocycles. The average Bonchev–Trinajstić information content (AvgIpc) is 2.62. The van der Waals surface area contributed by atoms with Gasteiger partial charge in [0, 0.05) is 0 Å². The Morgan fingerprint density at radius 1 is 1.08 bits per heavy atom. The molecule has 2 aromatic rings. The maximum atomic E-state index is 5.81. The summed E-state index contributed by atoms with van der Waals surface area (Å²) in [5.41, 5.74) is 0. The van der Waals surface area contributed by atoms with Crippen molar-refractivity contribution in [3.8, 4) is 0 Å².